The Morgan fingerprint density at radius 3 is 2.17 bits per heavy atom. The van der Waals surface area contributed by atoms with Crippen LogP contribution in [0.15, 0.2) is 72.8 Å². The van der Waals surface area contributed by atoms with E-state index < -0.39 is 0 Å². The van der Waals surface area contributed by atoms with Crippen molar-refractivity contribution in [3.63, 3.8) is 0 Å². The van der Waals surface area contributed by atoms with Gasteiger partial charge in [0, 0.05) is 18.8 Å². The minimum Gasteiger partial charge on any atom is -0.508 e. The Morgan fingerprint density at radius 1 is 0.639 bits per heavy atom. The highest BCUT2D eigenvalue weighted by Gasteiger charge is 2.21. The molecular weight excluding hydrogens is 440 g/mol. The minimum atomic E-state index is 0.358. The number of aromatic hydroxyl groups is 1. The zero-order valence-electron chi connectivity index (χ0n) is 21.5. The molecule has 188 valence electrons. The average molecular weight is 481 g/mol. The molecule has 1 heterocycles. The molecule has 3 heteroatoms. The lowest BCUT2D eigenvalue weighted by atomic mass is 9.87. The van der Waals surface area contributed by atoms with E-state index in [9.17, 15) is 5.11 Å². The van der Waals surface area contributed by atoms with E-state index in [1.54, 1.807) is 0 Å². The zero-order valence-corrected chi connectivity index (χ0v) is 21.5. The largest absolute Gasteiger partial charge is 0.508 e. The summed E-state index contributed by atoms with van der Waals surface area (Å²) in [4.78, 5) is 2.59. The first-order valence-corrected chi connectivity index (χ1v) is 14.0. The lowest BCUT2D eigenvalue weighted by Crippen LogP contribution is -2.27. The Balaban J connectivity index is 1.48. The fourth-order valence-electron chi connectivity index (χ4n) is 5.82. The number of aryl methyl sites for hydroxylation is 1. The molecule has 5 rings (SSSR count). The normalized spacial score (nSPS) is 18.1. The van der Waals surface area contributed by atoms with Crippen LogP contribution in [0.4, 0.5) is 5.69 Å². The van der Waals surface area contributed by atoms with Crippen LogP contribution in [0, 0.1) is 0 Å². The summed E-state index contributed by atoms with van der Waals surface area (Å²) in [7, 11) is 0. The van der Waals surface area contributed by atoms with Crippen molar-refractivity contribution in [2.45, 2.75) is 57.8 Å². The van der Waals surface area contributed by atoms with Crippen molar-refractivity contribution < 1.29 is 5.11 Å². The van der Waals surface area contributed by atoms with Crippen molar-refractivity contribution in [2.75, 3.05) is 31.1 Å². The fourth-order valence-corrected chi connectivity index (χ4v) is 5.82. The number of allylic oxidation sites excluding steroid dienone is 1. The summed E-state index contributed by atoms with van der Waals surface area (Å²) < 4.78 is 0. The molecule has 3 nitrogen and oxygen atoms in total. The topological polar surface area (TPSA) is 35.5 Å². The molecule has 1 fully saturated rings. The van der Waals surface area contributed by atoms with Gasteiger partial charge in [0.2, 0.25) is 0 Å². The van der Waals surface area contributed by atoms with Gasteiger partial charge in [-0.3, -0.25) is 0 Å². The second-order valence-electron chi connectivity index (χ2n) is 10.3. The van der Waals surface area contributed by atoms with Crippen LogP contribution in [-0.4, -0.2) is 31.3 Å². The Labute approximate surface area is 216 Å². The van der Waals surface area contributed by atoms with E-state index in [0.29, 0.717) is 5.75 Å². The van der Waals surface area contributed by atoms with E-state index in [1.807, 2.05) is 12.1 Å². The quantitative estimate of drug-likeness (QED) is 0.409. The summed E-state index contributed by atoms with van der Waals surface area (Å²) >= 11 is 0. The van der Waals surface area contributed by atoms with Gasteiger partial charge in [0.05, 0.1) is 0 Å². The van der Waals surface area contributed by atoms with E-state index in [1.165, 1.54) is 84.2 Å². The third-order valence-corrected chi connectivity index (χ3v) is 7.74. The number of phenolic OH excluding ortho intramolecular Hbond substituents is 1. The number of hydrogen-bond acceptors (Lipinski definition) is 3. The zero-order chi connectivity index (χ0) is 24.6. The molecule has 1 aliphatic carbocycles. The van der Waals surface area contributed by atoms with Gasteiger partial charge >= 0.3 is 0 Å². The molecule has 0 amide bonds. The van der Waals surface area contributed by atoms with Crippen molar-refractivity contribution in [3.05, 3.63) is 95.1 Å². The maximum atomic E-state index is 10.2. The first-order valence-electron chi connectivity index (χ1n) is 14.0. The number of nitrogens with one attached hydrogen (secondary N) is 1. The number of anilines is 1. The van der Waals surface area contributed by atoms with Gasteiger partial charge in [-0.15, -0.1) is 0 Å². The predicted molar refractivity (Wildman–Crippen MR) is 153 cm³/mol. The Hall–Kier alpha value is -3.04. The Morgan fingerprint density at radius 2 is 1.36 bits per heavy atom. The molecule has 2 aliphatic rings. The van der Waals surface area contributed by atoms with Crippen molar-refractivity contribution in [1.82, 2.24) is 5.32 Å². The number of rotatable bonds is 3. The number of hydrogen-bond donors (Lipinski definition) is 2. The molecular formula is C33H40N2O. The van der Waals surface area contributed by atoms with Crippen molar-refractivity contribution in [1.29, 1.82) is 0 Å². The van der Waals surface area contributed by atoms with Crippen LogP contribution in [0.3, 0.4) is 0 Å². The van der Waals surface area contributed by atoms with Gasteiger partial charge < -0.3 is 15.3 Å². The third-order valence-electron chi connectivity index (χ3n) is 7.74. The van der Waals surface area contributed by atoms with E-state index in [4.69, 9.17) is 0 Å². The van der Waals surface area contributed by atoms with Crippen LogP contribution in [0.2, 0.25) is 0 Å². The second-order valence-corrected chi connectivity index (χ2v) is 10.3. The van der Waals surface area contributed by atoms with Crippen LogP contribution < -0.4 is 10.2 Å². The monoisotopic (exact) mass is 480 g/mol. The summed E-state index contributed by atoms with van der Waals surface area (Å²) in [5, 5.41) is 13.8. The molecule has 3 aromatic rings. The second kappa shape index (κ2) is 12.3. The summed E-state index contributed by atoms with van der Waals surface area (Å²) in [6.45, 7) is 4.58. The SMILES string of the molecule is Oc1ccc2c(c1)CCCC(c1ccccc1)=C2c1ccc(N2CCCCCCNCCCC2)cc1. The van der Waals surface area contributed by atoms with Gasteiger partial charge in [-0.2, -0.15) is 0 Å². The van der Waals surface area contributed by atoms with E-state index >= 15 is 0 Å². The van der Waals surface area contributed by atoms with Crippen LogP contribution in [0.1, 0.15) is 73.6 Å². The van der Waals surface area contributed by atoms with Crippen molar-refractivity contribution >= 4 is 16.8 Å². The van der Waals surface area contributed by atoms with Crippen LogP contribution in [0.25, 0.3) is 11.1 Å². The van der Waals surface area contributed by atoms with E-state index in [0.717, 1.165) is 38.9 Å². The third kappa shape index (κ3) is 6.02. The summed E-state index contributed by atoms with van der Waals surface area (Å²) in [6.07, 6.45) is 10.8. The average Bonchev–Trinajstić information content (AvgIpc) is 3.09. The summed E-state index contributed by atoms with van der Waals surface area (Å²) in [5.74, 6) is 0.358. The molecule has 0 saturated carbocycles. The maximum Gasteiger partial charge on any atom is 0.115 e. The Bertz CT molecular complexity index is 1140. The molecule has 1 aliphatic heterocycles. The van der Waals surface area contributed by atoms with E-state index in [-0.39, 0.29) is 0 Å². The lowest BCUT2D eigenvalue weighted by Gasteiger charge is -2.26. The van der Waals surface area contributed by atoms with Gasteiger partial charge in [-0.05, 0) is 116 Å². The van der Waals surface area contributed by atoms with Crippen LogP contribution in [-0.2, 0) is 6.42 Å². The lowest BCUT2D eigenvalue weighted by molar-refractivity contribution is 0.474. The number of phenols is 1. The highest BCUT2D eigenvalue weighted by molar-refractivity contribution is 6.00. The highest BCUT2D eigenvalue weighted by Crippen LogP contribution is 2.41. The van der Waals surface area contributed by atoms with Gasteiger partial charge in [0.1, 0.15) is 5.75 Å². The van der Waals surface area contributed by atoms with Gasteiger partial charge in [0.15, 0.2) is 0 Å². The number of benzene rings is 3. The summed E-state index contributed by atoms with van der Waals surface area (Å²) in [6, 6.07) is 26.1. The molecule has 0 spiro atoms. The van der Waals surface area contributed by atoms with Crippen LogP contribution >= 0.6 is 0 Å². The first kappa shape index (κ1) is 24.6. The minimum absolute atomic E-state index is 0.358. The standard InChI is InChI=1S/C33H40N2O/c36-30-19-20-32-28(25-30)13-10-14-31(26-11-4-3-5-12-26)33(32)27-15-17-29(18-16-27)35-23-8-2-1-6-21-34-22-7-9-24-35/h3-5,11-12,15-20,25,34,36H,1-2,6-10,13-14,21-24H2. The molecule has 3 aromatic carbocycles. The van der Waals surface area contributed by atoms with Crippen LogP contribution in [0.5, 0.6) is 5.75 Å². The fraction of sp³-hybridized carbons (Fsp3) is 0.394. The maximum absolute atomic E-state index is 10.2. The molecule has 0 radical (unpaired) electrons. The molecule has 1 saturated heterocycles. The number of nitrogens with zero attached hydrogens (tertiary/aromatic N) is 1. The Kier molecular flexibility index (Phi) is 8.40. The molecule has 2 N–H and O–H groups in total. The van der Waals surface area contributed by atoms with Crippen molar-refractivity contribution in [2.24, 2.45) is 0 Å². The summed E-state index contributed by atoms with van der Waals surface area (Å²) in [5.41, 5.74) is 9.14. The molecule has 0 bridgehead atoms. The van der Waals surface area contributed by atoms with Crippen molar-refractivity contribution in [3.8, 4) is 5.75 Å². The first-order chi connectivity index (χ1) is 17.8. The van der Waals surface area contributed by atoms with Gasteiger partial charge in [0.25, 0.3) is 0 Å². The smallest absolute Gasteiger partial charge is 0.115 e. The van der Waals surface area contributed by atoms with Gasteiger partial charge in [-0.25, -0.2) is 0 Å². The van der Waals surface area contributed by atoms with E-state index in [2.05, 4.69) is 70.9 Å². The molecule has 0 atom stereocenters. The predicted octanol–water partition coefficient (Wildman–Crippen LogP) is 7.44. The number of fused-ring (bicyclic) bond motifs is 1. The highest BCUT2D eigenvalue weighted by atomic mass is 16.3. The molecule has 36 heavy (non-hydrogen) atoms. The molecule has 0 aromatic heterocycles. The van der Waals surface area contributed by atoms with Gasteiger partial charge in [-0.1, -0.05) is 61.4 Å². The molecule has 0 unspecified atom stereocenters.